The predicted octanol–water partition coefficient (Wildman–Crippen LogP) is 0.380. The van der Waals surface area contributed by atoms with Gasteiger partial charge in [0.15, 0.2) is 0 Å². The Balaban J connectivity index is 1.92. The largest absolute Gasteiger partial charge is 0.380 e. The minimum atomic E-state index is -0.972. The third-order valence-electron chi connectivity index (χ3n) is 2.93. The number of hydrogen-bond donors (Lipinski definition) is 1. The number of likely N-dealkylation sites (tertiary alicyclic amines) is 1. The summed E-state index contributed by atoms with van der Waals surface area (Å²) in [4.78, 5) is 13.3. The first-order valence-corrected chi connectivity index (χ1v) is 4.63. The molecule has 3 nitrogen and oxygen atoms in total. The van der Waals surface area contributed by atoms with Crippen LogP contribution in [0.25, 0.3) is 0 Å². The van der Waals surface area contributed by atoms with Crippen molar-refractivity contribution in [3.8, 4) is 0 Å². The maximum atomic E-state index is 11.6. The van der Waals surface area contributed by atoms with Gasteiger partial charge in [-0.15, -0.1) is 0 Å². The first kappa shape index (κ1) is 8.05. The van der Waals surface area contributed by atoms with E-state index >= 15 is 0 Å². The molecule has 1 saturated carbocycles. The monoisotopic (exact) mass is 169 g/mol. The van der Waals surface area contributed by atoms with Crippen LogP contribution in [-0.4, -0.2) is 34.6 Å². The predicted molar refractivity (Wildman–Crippen MR) is 44.5 cm³/mol. The normalized spacial score (nSPS) is 27.7. The lowest BCUT2D eigenvalue weighted by Crippen LogP contribution is -2.59. The zero-order chi connectivity index (χ0) is 8.77. The van der Waals surface area contributed by atoms with Crippen molar-refractivity contribution in [3.05, 3.63) is 0 Å². The molecule has 0 aromatic carbocycles. The van der Waals surface area contributed by atoms with E-state index in [1.54, 1.807) is 4.90 Å². The SMILES string of the molecule is CC1CN(C(=O)C2(O)CCC2)C1. The maximum Gasteiger partial charge on any atom is 0.254 e. The second kappa shape index (κ2) is 2.46. The Labute approximate surface area is 72.4 Å². The van der Waals surface area contributed by atoms with Gasteiger partial charge in [-0.05, 0) is 25.2 Å². The Morgan fingerprint density at radius 1 is 1.50 bits per heavy atom. The number of hydrogen-bond acceptors (Lipinski definition) is 2. The van der Waals surface area contributed by atoms with Crippen LogP contribution in [0.2, 0.25) is 0 Å². The number of carbonyl (C=O) groups is 1. The standard InChI is InChI=1S/C9H15NO2/c1-7-5-10(6-7)8(11)9(12)3-2-4-9/h7,12H,2-6H2,1H3. The van der Waals surface area contributed by atoms with Gasteiger partial charge in [-0.3, -0.25) is 4.79 Å². The van der Waals surface area contributed by atoms with E-state index in [9.17, 15) is 9.90 Å². The van der Waals surface area contributed by atoms with Gasteiger partial charge in [0.05, 0.1) is 0 Å². The van der Waals surface area contributed by atoms with Crippen molar-refractivity contribution >= 4 is 5.91 Å². The molecule has 1 aliphatic heterocycles. The highest BCUT2D eigenvalue weighted by molar-refractivity contribution is 5.86. The van der Waals surface area contributed by atoms with Crippen molar-refractivity contribution in [3.63, 3.8) is 0 Å². The van der Waals surface area contributed by atoms with Crippen LogP contribution in [0.1, 0.15) is 26.2 Å². The molecule has 2 rings (SSSR count). The second-order valence-corrected chi connectivity index (χ2v) is 4.20. The summed E-state index contributed by atoms with van der Waals surface area (Å²) in [5.74, 6) is 0.587. The van der Waals surface area contributed by atoms with Gasteiger partial charge >= 0.3 is 0 Å². The van der Waals surface area contributed by atoms with Gasteiger partial charge < -0.3 is 10.0 Å². The fourth-order valence-corrected chi connectivity index (χ4v) is 1.88. The molecule has 0 atom stereocenters. The molecular weight excluding hydrogens is 154 g/mol. The van der Waals surface area contributed by atoms with Crippen molar-refractivity contribution in [2.75, 3.05) is 13.1 Å². The molecule has 0 aromatic rings. The Hall–Kier alpha value is -0.570. The van der Waals surface area contributed by atoms with Crippen molar-refractivity contribution in [2.45, 2.75) is 31.8 Å². The molecule has 0 unspecified atom stereocenters. The summed E-state index contributed by atoms with van der Waals surface area (Å²) in [5.41, 5.74) is -0.972. The van der Waals surface area contributed by atoms with E-state index in [0.717, 1.165) is 19.5 Å². The average molecular weight is 169 g/mol. The van der Waals surface area contributed by atoms with Crippen LogP contribution in [-0.2, 0) is 4.79 Å². The van der Waals surface area contributed by atoms with Gasteiger partial charge in [0, 0.05) is 13.1 Å². The molecule has 12 heavy (non-hydrogen) atoms. The summed E-state index contributed by atoms with van der Waals surface area (Å²) in [7, 11) is 0. The molecule has 0 aromatic heterocycles. The Kier molecular flexibility index (Phi) is 1.65. The van der Waals surface area contributed by atoms with E-state index in [1.165, 1.54) is 0 Å². The van der Waals surface area contributed by atoms with Gasteiger partial charge in [0.1, 0.15) is 5.60 Å². The summed E-state index contributed by atoms with van der Waals surface area (Å²) in [6.45, 7) is 3.79. The summed E-state index contributed by atoms with van der Waals surface area (Å²) < 4.78 is 0. The lowest BCUT2D eigenvalue weighted by Gasteiger charge is -2.45. The first-order valence-electron chi connectivity index (χ1n) is 4.63. The Morgan fingerprint density at radius 2 is 2.08 bits per heavy atom. The third kappa shape index (κ3) is 1.04. The zero-order valence-electron chi connectivity index (χ0n) is 7.42. The molecule has 0 spiro atoms. The van der Waals surface area contributed by atoms with Crippen molar-refractivity contribution in [1.82, 2.24) is 4.90 Å². The Morgan fingerprint density at radius 3 is 2.42 bits per heavy atom. The maximum absolute atomic E-state index is 11.6. The number of amides is 1. The fraction of sp³-hybridized carbons (Fsp3) is 0.889. The van der Waals surface area contributed by atoms with Crippen LogP contribution in [0.3, 0.4) is 0 Å². The summed E-state index contributed by atoms with van der Waals surface area (Å²) >= 11 is 0. The third-order valence-corrected chi connectivity index (χ3v) is 2.93. The molecule has 1 amide bonds. The van der Waals surface area contributed by atoms with Gasteiger partial charge in [-0.2, -0.15) is 0 Å². The van der Waals surface area contributed by atoms with Crippen LogP contribution in [0, 0.1) is 5.92 Å². The van der Waals surface area contributed by atoms with E-state index in [0.29, 0.717) is 18.8 Å². The lowest BCUT2D eigenvalue weighted by molar-refractivity contribution is -0.166. The zero-order valence-corrected chi connectivity index (χ0v) is 7.42. The molecule has 68 valence electrons. The van der Waals surface area contributed by atoms with E-state index in [-0.39, 0.29) is 5.91 Å². The minimum absolute atomic E-state index is 0.0353. The molecule has 1 N–H and O–H groups in total. The van der Waals surface area contributed by atoms with Crippen molar-refractivity contribution in [2.24, 2.45) is 5.92 Å². The molecule has 1 heterocycles. The van der Waals surface area contributed by atoms with Gasteiger partial charge in [0.2, 0.25) is 0 Å². The molecule has 1 saturated heterocycles. The molecule has 1 aliphatic carbocycles. The van der Waals surface area contributed by atoms with Crippen LogP contribution in [0.4, 0.5) is 0 Å². The summed E-state index contributed by atoms with van der Waals surface area (Å²) in [6.07, 6.45) is 2.32. The summed E-state index contributed by atoms with van der Waals surface area (Å²) in [5, 5.41) is 9.71. The topological polar surface area (TPSA) is 40.5 Å². The molecule has 3 heteroatoms. The number of nitrogens with zero attached hydrogens (tertiary/aromatic N) is 1. The van der Waals surface area contributed by atoms with E-state index in [1.807, 2.05) is 0 Å². The lowest BCUT2D eigenvalue weighted by atomic mass is 9.78. The Bertz CT molecular complexity index is 205. The van der Waals surface area contributed by atoms with Gasteiger partial charge in [-0.1, -0.05) is 6.92 Å². The second-order valence-electron chi connectivity index (χ2n) is 4.20. The molecule has 0 radical (unpaired) electrons. The van der Waals surface area contributed by atoms with Crippen molar-refractivity contribution in [1.29, 1.82) is 0 Å². The number of carbonyl (C=O) groups excluding carboxylic acids is 1. The van der Waals surface area contributed by atoms with Crippen LogP contribution in [0.5, 0.6) is 0 Å². The quantitative estimate of drug-likeness (QED) is 0.616. The smallest absolute Gasteiger partial charge is 0.254 e. The molecule has 0 bridgehead atoms. The van der Waals surface area contributed by atoms with Gasteiger partial charge in [-0.25, -0.2) is 0 Å². The van der Waals surface area contributed by atoms with E-state index in [2.05, 4.69) is 6.92 Å². The summed E-state index contributed by atoms with van der Waals surface area (Å²) in [6, 6.07) is 0. The number of rotatable bonds is 1. The van der Waals surface area contributed by atoms with Crippen LogP contribution >= 0.6 is 0 Å². The molecule has 2 fully saturated rings. The average Bonchev–Trinajstić information content (AvgIpc) is 1.93. The highest BCUT2D eigenvalue weighted by Crippen LogP contribution is 2.35. The minimum Gasteiger partial charge on any atom is -0.380 e. The highest BCUT2D eigenvalue weighted by Gasteiger charge is 2.46. The van der Waals surface area contributed by atoms with Gasteiger partial charge in [0.25, 0.3) is 5.91 Å². The molecule has 2 aliphatic rings. The number of aliphatic hydroxyl groups is 1. The van der Waals surface area contributed by atoms with Crippen LogP contribution < -0.4 is 0 Å². The molecular formula is C9H15NO2. The van der Waals surface area contributed by atoms with Crippen molar-refractivity contribution < 1.29 is 9.90 Å². The van der Waals surface area contributed by atoms with Crippen LogP contribution in [0.15, 0.2) is 0 Å². The first-order chi connectivity index (χ1) is 5.62. The van der Waals surface area contributed by atoms with E-state index < -0.39 is 5.60 Å². The van der Waals surface area contributed by atoms with E-state index in [4.69, 9.17) is 0 Å². The fourth-order valence-electron chi connectivity index (χ4n) is 1.88. The highest BCUT2D eigenvalue weighted by atomic mass is 16.3.